The second-order valence-corrected chi connectivity index (χ2v) is 5.47. The van der Waals surface area contributed by atoms with Crippen molar-refractivity contribution >= 4 is 11.9 Å². The molecular weight excluding hydrogens is 234 g/mol. The number of rotatable bonds is 4. The summed E-state index contributed by atoms with van der Waals surface area (Å²) in [6.45, 7) is 4.78. The summed E-state index contributed by atoms with van der Waals surface area (Å²) in [7, 11) is 0. The molecule has 0 radical (unpaired) electrons. The molecule has 1 aliphatic heterocycles. The minimum absolute atomic E-state index is 0.0331. The molecule has 0 bridgehead atoms. The van der Waals surface area contributed by atoms with Crippen molar-refractivity contribution in [2.45, 2.75) is 38.6 Å². The highest BCUT2D eigenvalue weighted by Crippen LogP contribution is 2.18. The first-order valence-corrected chi connectivity index (χ1v) is 6.33. The van der Waals surface area contributed by atoms with Gasteiger partial charge in [-0.15, -0.1) is 0 Å². The number of primary amides is 1. The number of carbonyl (C=O) groups is 2. The van der Waals surface area contributed by atoms with Crippen LogP contribution in [0, 0.1) is 5.92 Å². The zero-order valence-electron chi connectivity index (χ0n) is 11.1. The number of carbonyl (C=O) groups excluding carboxylic acids is 2. The fourth-order valence-corrected chi connectivity index (χ4v) is 2.17. The summed E-state index contributed by atoms with van der Waals surface area (Å²) >= 11 is 0. The van der Waals surface area contributed by atoms with Crippen molar-refractivity contribution in [1.29, 1.82) is 0 Å². The fraction of sp³-hybridized carbons (Fsp3) is 0.833. The van der Waals surface area contributed by atoms with Gasteiger partial charge in [0.05, 0.1) is 5.92 Å². The molecule has 1 atom stereocenters. The van der Waals surface area contributed by atoms with Gasteiger partial charge in [0.2, 0.25) is 5.91 Å². The highest BCUT2D eigenvalue weighted by Gasteiger charge is 2.30. The number of urea groups is 1. The van der Waals surface area contributed by atoms with E-state index >= 15 is 0 Å². The normalized spacial score (nSPS) is 20.6. The van der Waals surface area contributed by atoms with E-state index in [1.807, 2.05) is 13.8 Å². The molecule has 0 aromatic rings. The predicted octanol–water partition coefficient (Wildman–Crippen LogP) is 0.0543. The largest absolute Gasteiger partial charge is 0.396 e. The Balaban J connectivity index is 2.53. The molecule has 4 N–H and O–H groups in total. The molecular formula is C12H23N3O3. The zero-order valence-corrected chi connectivity index (χ0v) is 11.1. The average Bonchev–Trinajstić information content (AvgIpc) is 2.28. The topological polar surface area (TPSA) is 95.7 Å². The standard InChI is InChI=1S/C12H23N3O3/c1-12(2,5-7-16)14-10(17)9-4-3-6-15(8-9)11(13)18/h9,16H,3-8H2,1-2H3,(H2,13,18)(H,14,17). The van der Waals surface area contributed by atoms with E-state index in [9.17, 15) is 9.59 Å². The molecule has 0 aliphatic carbocycles. The molecule has 1 rings (SSSR count). The molecule has 0 saturated carbocycles. The Bertz CT molecular complexity index is 318. The lowest BCUT2D eigenvalue weighted by atomic mass is 9.94. The highest BCUT2D eigenvalue weighted by molar-refractivity contribution is 5.81. The Morgan fingerprint density at radius 1 is 1.50 bits per heavy atom. The molecule has 1 aliphatic rings. The quantitative estimate of drug-likeness (QED) is 0.664. The summed E-state index contributed by atoms with van der Waals surface area (Å²) in [6, 6.07) is -0.470. The van der Waals surface area contributed by atoms with Crippen LogP contribution in [0.25, 0.3) is 0 Å². The molecule has 1 saturated heterocycles. The number of aliphatic hydroxyl groups excluding tert-OH is 1. The Morgan fingerprint density at radius 2 is 2.17 bits per heavy atom. The molecule has 3 amide bonds. The van der Waals surface area contributed by atoms with Gasteiger partial charge in [0, 0.05) is 25.2 Å². The Morgan fingerprint density at radius 3 is 2.72 bits per heavy atom. The maximum atomic E-state index is 12.1. The first kappa shape index (κ1) is 14.8. The molecule has 104 valence electrons. The van der Waals surface area contributed by atoms with Crippen molar-refractivity contribution in [1.82, 2.24) is 10.2 Å². The third-order valence-electron chi connectivity index (χ3n) is 3.30. The lowest BCUT2D eigenvalue weighted by molar-refractivity contribution is -0.128. The average molecular weight is 257 g/mol. The van der Waals surface area contributed by atoms with Gasteiger partial charge >= 0.3 is 6.03 Å². The van der Waals surface area contributed by atoms with Crippen LogP contribution in [-0.4, -0.2) is 47.2 Å². The monoisotopic (exact) mass is 257 g/mol. The van der Waals surface area contributed by atoms with Crippen molar-refractivity contribution in [3.8, 4) is 0 Å². The molecule has 1 unspecified atom stereocenters. The summed E-state index contributed by atoms with van der Waals surface area (Å²) in [4.78, 5) is 24.7. The molecule has 0 aromatic carbocycles. The Hall–Kier alpha value is -1.30. The minimum Gasteiger partial charge on any atom is -0.396 e. The van der Waals surface area contributed by atoms with Crippen molar-refractivity contribution in [3.05, 3.63) is 0 Å². The van der Waals surface area contributed by atoms with Crippen LogP contribution in [0.3, 0.4) is 0 Å². The maximum Gasteiger partial charge on any atom is 0.314 e. The summed E-state index contributed by atoms with van der Waals surface area (Å²) in [5.41, 5.74) is 4.80. The van der Waals surface area contributed by atoms with Crippen LogP contribution < -0.4 is 11.1 Å². The lowest BCUT2D eigenvalue weighted by Gasteiger charge is -2.33. The van der Waals surface area contributed by atoms with Crippen LogP contribution in [0.1, 0.15) is 33.1 Å². The van der Waals surface area contributed by atoms with Crippen LogP contribution in [0.5, 0.6) is 0 Å². The number of nitrogens with zero attached hydrogens (tertiary/aromatic N) is 1. The van der Waals surface area contributed by atoms with Gasteiger partial charge in [0.1, 0.15) is 0 Å². The molecule has 1 heterocycles. The van der Waals surface area contributed by atoms with Gasteiger partial charge in [0.15, 0.2) is 0 Å². The second kappa shape index (κ2) is 6.04. The fourth-order valence-electron chi connectivity index (χ4n) is 2.17. The molecule has 6 nitrogen and oxygen atoms in total. The van der Waals surface area contributed by atoms with Crippen molar-refractivity contribution in [3.63, 3.8) is 0 Å². The Kier molecular flexibility index (Phi) is 4.95. The molecule has 0 aromatic heterocycles. The summed E-state index contributed by atoms with van der Waals surface area (Å²) in [5, 5.41) is 11.8. The van der Waals surface area contributed by atoms with Gasteiger partial charge in [-0.05, 0) is 33.1 Å². The van der Waals surface area contributed by atoms with Crippen molar-refractivity contribution < 1.29 is 14.7 Å². The third-order valence-corrected chi connectivity index (χ3v) is 3.30. The number of likely N-dealkylation sites (tertiary alicyclic amines) is 1. The van der Waals surface area contributed by atoms with Crippen LogP contribution in [0.4, 0.5) is 4.79 Å². The zero-order chi connectivity index (χ0) is 13.8. The van der Waals surface area contributed by atoms with E-state index in [2.05, 4.69) is 5.32 Å². The van der Waals surface area contributed by atoms with Gasteiger partial charge < -0.3 is 21.1 Å². The molecule has 6 heteroatoms. The van der Waals surface area contributed by atoms with E-state index in [4.69, 9.17) is 10.8 Å². The van der Waals surface area contributed by atoms with Crippen molar-refractivity contribution in [2.24, 2.45) is 11.7 Å². The second-order valence-electron chi connectivity index (χ2n) is 5.47. The van der Waals surface area contributed by atoms with E-state index in [0.29, 0.717) is 19.5 Å². The van der Waals surface area contributed by atoms with E-state index in [1.54, 1.807) is 0 Å². The van der Waals surface area contributed by atoms with Gasteiger partial charge in [0.25, 0.3) is 0 Å². The molecule has 0 spiro atoms. The number of piperidine rings is 1. The van der Waals surface area contributed by atoms with Gasteiger partial charge in [-0.2, -0.15) is 0 Å². The van der Waals surface area contributed by atoms with Gasteiger partial charge in [-0.3, -0.25) is 4.79 Å². The maximum absolute atomic E-state index is 12.1. The van der Waals surface area contributed by atoms with Crippen LogP contribution in [0.2, 0.25) is 0 Å². The van der Waals surface area contributed by atoms with E-state index in [-0.39, 0.29) is 18.4 Å². The minimum atomic E-state index is -0.470. The number of nitrogens with two attached hydrogens (primary N) is 1. The third kappa shape index (κ3) is 4.18. The molecule has 1 fully saturated rings. The summed E-state index contributed by atoms with van der Waals surface area (Å²) < 4.78 is 0. The lowest BCUT2D eigenvalue weighted by Crippen LogP contribution is -2.51. The Labute approximate surface area is 108 Å². The number of amides is 3. The van der Waals surface area contributed by atoms with Crippen LogP contribution in [0.15, 0.2) is 0 Å². The van der Waals surface area contributed by atoms with E-state index < -0.39 is 11.6 Å². The predicted molar refractivity (Wildman–Crippen MR) is 67.8 cm³/mol. The number of hydrogen-bond acceptors (Lipinski definition) is 3. The van der Waals surface area contributed by atoms with Crippen LogP contribution in [-0.2, 0) is 4.79 Å². The summed E-state index contributed by atoms with van der Waals surface area (Å²) in [6.07, 6.45) is 2.07. The first-order valence-electron chi connectivity index (χ1n) is 6.33. The smallest absolute Gasteiger partial charge is 0.314 e. The highest BCUT2D eigenvalue weighted by atomic mass is 16.3. The number of hydrogen-bond donors (Lipinski definition) is 3. The summed E-state index contributed by atoms with van der Waals surface area (Å²) in [5.74, 6) is -0.274. The van der Waals surface area contributed by atoms with E-state index in [1.165, 1.54) is 4.90 Å². The number of aliphatic hydroxyl groups is 1. The molecule has 18 heavy (non-hydrogen) atoms. The van der Waals surface area contributed by atoms with Crippen LogP contribution >= 0.6 is 0 Å². The van der Waals surface area contributed by atoms with Gasteiger partial charge in [-0.1, -0.05) is 0 Å². The van der Waals surface area contributed by atoms with Crippen molar-refractivity contribution in [2.75, 3.05) is 19.7 Å². The first-order chi connectivity index (χ1) is 8.35. The number of nitrogens with one attached hydrogen (secondary N) is 1. The van der Waals surface area contributed by atoms with E-state index in [0.717, 1.165) is 12.8 Å². The SMILES string of the molecule is CC(C)(CCO)NC(=O)C1CCCN(C(N)=O)C1. The van der Waals surface area contributed by atoms with Gasteiger partial charge in [-0.25, -0.2) is 4.79 Å².